The minimum atomic E-state index is -0.408. The second kappa shape index (κ2) is 6.62. The molecule has 23 heavy (non-hydrogen) atoms. The molecular formula is C21H16Br2. The third-order valence-electron chi connectivity index (χ3n) is 3.95. The molecule has 0 aliphatic rings. The highest BCUT2D eigenvalue weighted by molar-refractivity contribution is 9.10. The molecule has 0 aromatic heterocycles. The molecule has 0 unspecified atom stereocenters. The number of benzene rings is 3. The summed E-state index contributed by atoms with van der Waals surface area (Å²) in [4.78, 5) is 0. The van der Waals surface area contributed by atoms with Crippen molar-refractivity contribution in [3.63, 3.8) is 0 Å². The van der Waals surface area contributed by atoms with Gasteiger partial charge in [-0.1, -0.05) is 92.5 Å². The van der Waals surface area contributed by atoms with Crippen molar-refractivity contribution in [2.75, 3.05) is 0 Å². The summed E-state index contributed by atoms with van der Waals surface area (Å²) in [6.07, 6.45) is 0. The second-order valence-electron chi connectivity index (χ2n) is 5.56. The van der Waals surface area contributed by atoms with Gasteiger partial charge < -0.3 is 0 Å². The molecule has 0 heterocycles. The first-order chi connectivity index (χ1) is 11.0. The third-order valence-corrected chi connectivity index (χ3v) is 5.85. The molecule has 0 N–H and O–H groups in total. The van der Waals surface area contributed by atoms with E-state index in [1.807, 2.05) is 24.3 Å². The Morgan fingerprint density at radius 3 is 1.22 bits per heavy atom. The molecule has 2 radical (unpaired) electrons. The summed E-state index contributed by atoms with van der Waals surface area (Å²) in [6.45, 7) is 7.97. The Morgan fingerprint density at radius 2 is 0.870 bits per heavy atom. The first kappa shape index (κ1) is 16.5. The Bertz CT molecular complexity index is 674. The molecule has 0 nitrogen and oxygen atoms in total. The van der Waals surface area contributed by atoms with Crippen molar-refractivity contribution in [3.05, 3.63) is 119 Å². The topological polar surface area (TPSA) is 0 Å². The van der Waals surface area contributed by atoms with Crippen LogP contribution in [-0.2, 0) is 4.32 Å². The van der Waals surface area contributed by atoms with E-state index in [1.54, 1.807) is 0 Å². The minimum Gasteiger partial charge on any atom is -0.0696 e. The zero-order valence-electron chi connectivity index (χ0n) is 12.6. The smallest absolute Gasteiger partial charge is 0.0696 e. The molecule has 0 spiro atoms. The van der Waals surface area contributed by atoms with Gasteiger partial charge in [-0.3, -0.25) is 0 Å². The van der Waals surface area contributed by atoms with Crippen molar-refractivity contribution in [3.8, 4) is 0 Å². The zero-order chi connectivity index (χ0) is 16.4. The molecule has 0 saturated heterocycles. The lowest BCUT2D eigenvalue weighted by Crippen LogP contribution is -2.21. The number of halogens is 2. The van der Waals surface area contributed by atoms with E-state index in [9.17, 15) is 0 Å². The fourth-order valence-electron chi connectivity index (χ4n) is 2.65. The van der Waals surface area contributed by atoms with Crippen LogP contribution >= 0.6 is 31.9 Å². The Balaban J connectivity index is 2.21. The van der Waals surface area contributed by atoms with Crippen LogP contribution in [0.2, 0.25) is 0 Å². The average Bonchev–Trinajstić information content (AvgIpc) is 2.56. The highest BCUT2D eigenvalue weighted by Gasteiger charge is 2.33. The normalized spacial score (nSPS) is 11.5. The standard InChI is InChI=1S/C21H16Br2/c1-15-3-7-17(8-4-15)21(23,18-9-5-16(2)6-10-18)19-11-13-20(22)14-12-19/h3-14H,1-2H2. The maximum absolute atomic E-state index is 4.03. The Kier molecular flexibility index (Phi) is 4.74. The van der Waals surface area contributed by atoms with Crippen LogP contribution in [0.25, 0.3) is 0 Å². The van der Waals surface area contributed by atoms with E-state index in [1.165, 1.54) is 16.7 Å². The SMILES string of the molecule is [CH2]c1ccc(C(Br)(c2ccc([CH2])cc2)c2ccc(Br)cc2)cc1. The fraction of sp³-hybridized carbons (Fsp3) is 0.0476. The number of alkyl halides is 1. The molecule has 0 bridgehead atoms. The molecule has 0 fully saturated rings. The van der Waals surface area contributed by atoms with Gasteiger partial charge in [-0.25, -0.2) is 0 Å². The van der Waals surface area contributed by atoms with Crippen molar-refractivity contribution in [1.29, 1.82) is 0 Å². The Labute approximate surface area is 154 Å². The predicted octanol–water partition coefficient (Wildman–Crippen LogP) is 6.50. The van der Waals surface area contributed by atoms with E-state index in [4.69, 9.17) is 0 Å². The van der Waals surface area contributed by atoms with Crippen LogP contribution in [0.5, 0.6) is 0 Å². The van der Waals surface area contributed by atoms with Crippen LogP contribution in [0.1, 0.15) is 27.8 Å². The summed E-state index contributed by atoms with van der Waals surface area (Å²) in [5.41, 5.74) is 5.53. The summed E-state index contributed by atoms with van der Waals surface area (Å²) < 4.78 is 0.659. The Morgan fingerprint density at radius 1 is 0.565 bits per heavy atom. The molecule has 3 rings (SSSR count). The Hall–Kier alpha value is -1.38. The average molecular weight is 428 g/mol. The maximum atomic E-state index is 4.03. The van der Waals surface area contributed by atoms with Crippen LogP contribution in [-0.4, -0.2) is 0 Å². The van der Waals surface area contributed by atoms with Crippen LogP contribution in [0, 0.1) is 13.8 Å². The van der Waals surface area contributed by atoms with E-state index in [2.05, 4.69) is 94.2 Å². The van der Waals surface area contributed by atoms with Crippen molar-refractivity contribution in [1.82, 2.24) is 0 Å². The van der Waals surface area contributed by atoms with Gasteiger partial charge in [0.2, 0.25) is 0 Å². The zero-order valence-corrected chi connectivity index (χ0v) is 15.8. The lowest BCUT2D eigenvalue weighted by molar-refractivity contribution is 0.915. The second-order valence-corrected chi connectivity index (χ2v) is 7.66. The van der Waals surface area contributed by atoms with Gasteiger partial charge in [0.05, 0.1) is 0 Å². The molecule has 3 aromatic rings. The highest BCUT2D eigenvalue weighted by atomic mass is 79.9. The van der Waals surface area contributed by atoms with Gasteiger partial charge in [-0.05, 0) is 53.8 Å². The fourth-order valence-corrected chi connectivity index (χ4v) is 3.71. The summed E-state index contributed by atoms with van der Waals surface area (Å²) in [5.74, 6) is 0. The van der Waals surface area contributed by atoms with Gasteiger partial charge in [0.15, 0.2) is 0 Å². The molecule has 0 saturated carbocycles. The summed E-state index contributed by atoms with van der Waals surface area (Å²) in [5, 5.41) is 0. The highest BCUT2D eigenvalue weighted by Crippen LogP contribution is 2.45. The summed E-state index contributed by atoms with van der Waals surface area (Å²) in [6, 6.07) is 25.1. The van der Waals surface area contributed by atoms with Crippen molar-refractivity contribution < 1.29 is 0 Å². The van der Waals surface area contributed by atoms with Crippen molar-refractivity contribution in [2.45, 2.75) is 4.32 Å². The van der Waals surface area contributed by atoms with Crippen LogP contribution in [0.4, 0.5) is 0 Å². The van der Waals surface area contributed by atoms with Gasteiger partial charge in [0, 0.05) is 4.47 Å². The molecule has 0 aliphatic carbocycles. The molecular weight excluding hydrogens is 412 g/mol. The predicted molar refractivity (Wildman–Crippen MR) is 105 cm³/mol. The minimum absolute atomic E-state index is 0.408. The molecule has 0 aliphatic heterocycles. The first-order valence-corrected chi connectivity index (χ1v) is 8.89. The quantitative estimate of drug-likeness (QED) is 0.330. The molecule has 2 heteroatoms. The lowest BCUT2D eigenvalue weighted by atomic mass is 9.84. The molecule has 114 valence electrons. The number of rotatable bonds is 3. The lowest BCUT2D eigenvalue weighted by Gasteiger charge is -2.30. The third kappa shape index (κ3) is 3.29. The van der Waals surface area contributed by atoms with Gasteiger partial charge in [0.25, 0.3) is 0 Å². The van der Waals surface area contributed by atoms with E-state index in [0.717, 1.165) is 15.6 Å². The number of hydrogen-bond donors (Lipinski definition) is 0. The first-order valence-electron chi connectivity index (χ1n) is 7.30. The van der Waals surface area contributed by atoms with Crippen LogP contribution < -0.4 is 0 Å². The van der Waals surface area contributed by atoms with E-state index >= 15 is 0 Å². The molecule has 3 aromatic carbocycles. The van der Waals surface area contributed by atoms with E-state index in [-0.39, 0.29) is 0 Å². The summed E-state index contributed by atoms with van der Waals surface area (Å²) >= 11 is 7.54. The van der Waals surface area contributed by atoms with Gasteiger partial charge in [0.1, 0.15) is 4.32 Å². The van der Waals surface area contributed by atoms with Crippen LogP contribution in [0.3, 0.4) is 0 Å². The van der Waals surface area contributed by atoms with E-state index in [0.29, 0.717) is 0 Å². The number of hydrogen-bond acceptors (Lipinski definition) is 0. The molecule has 0 atom stereocenters. The maximum Gasteiger partial charge on any atom is 0.100 e. The summed E-state index contributed by atoms with van der Waals surface area (Å²) in [7, 11) is 0. The monoisotopic (exact) mass is 426 g/mol. The van der Waals surface area contributed by atoms with E-state index < -0.39 is 4.32 Å². The largest absolute Gasteiger partial charge is 0.100 e. The van der Waals surface area contributed by atoms with Gasteiger partial charge in [-0.15, -0.1) is 0 Å². The molecule has 0 amide bonds. The van der Waals surface area contributed by atoms with Crippen LogP contribution in [0.15, 0.2) is 77.3 Å². The van der Waals surface area contributed by atoms with Crippen molar-refractivity contribution in [2.24, 2.45) is 0 Å². The van der Waals surface area contributed by atoms with Gasteiger partial charge >= 0.3 is 0 Å². The van der Waals surface area contributed by atoms with Crippen molar-refractivity contribution >= 4 is 31.9 Å². The van der Waals surface area contributed by atoms with Gasteiger partial charge in [-0.2, -0.15) is 0 Å².